The van der Waals surface area contributed by atoms with Crippen LogP contribution >= 0.6 is 24.0 Å². The molecule has 3 N–H and O–H groups in total. The van der Waals surface area contributed by atoms with Crippen LogP contribution in [0.5, 0.6) is 0 Å². The lowest BCUT2D eigenvalue weighted by Crippen LogP contribution is -2.23. The Bertz CT molecular complexity index is 433. The number of rotatable bonds is 7. The van der Waals surface area contributed by atoms with E-state index in [1.165, 1.54) is 5.56 Å². The molecular formula is C16H28IN3O. The predicted octanol–water partition coefficient (Wildman–Crippen LogP) is 3.97. The van der Waals surface area contributed by atoms with E-state index in [4.69, 9.17) is 10.5 Å². The molecular weight excluding hydrogens is 377 g/mol. The Hall–Kier alpha value is -0.820. The summed E-state index contributed by atoms with van der Waals surface area (Å²) in [4.78, 5) is 4.29. The smallest absolute Gasteiger partial charge is 0.193 e. The van der Waals surface area contributed by atoms with Crippen LogP contribution < -0.4 is 11.1 Å². The number of guanidine groups is 1. The Labute approximate surface area is 145 Å². The average molecular weight is 405 g/mol. The molecule has 1 aromatic carbocycles. The van der Waals surface area contributed by atoms with Gasteiger partial charge in [-0.25, -0.2) is 0 Å². The molecule has 0 unspecified atom stereocenters. The van der Waals surface area contributed by atoms with E-state index in [0.717, 1.165) is 18.7 Å². The van der Waals surface area contributed by atoms with Crippen LogP contribution in [0.2, 0.25) is 0 Å². The monoisotopic (exact) mass is 405 g/mol. The summed E-state index contributed by atoms with van der Waals surface area (Å²) in [7, 11) is 0. The molecule has 0 fully saturated rings. The number of aliphatic imine (C=N–C) groups is 1. The van der Waals surface area contributed by atoms with Crippen molar-refractivity contribution in [3.63, 3.8) is 0 Å². The molecule has 0 bridgehead atoms. The molecule has 0 spiro atoms. The highest BCUT2D eigenvalue weighted by atomic mass is 127. The minimum Gasteiger partial charge on any atom is -0.379 e. The number of nitrogens with one attached hydrogen (secondary N) is 1. The van der Waals surface area contributed by atoms with Crippen molar-refractivity contribution in [1.82, 2.24) is 0 Å². The van der Waals surface area contributed by atoms with Gasteiger partial charge < -0.3 is 15.8 Å². The molecule has 0 saturated heterocycles. The van der Waals surface area contributed by atoms with Crippen molar-refractivity contribution < 1.29 is 4.74 Å². The van der Waals surface area contributed by atoms with E-state index in [2.05, 4.69) is 36.3 Å². The minimum atomic E-state index is 0. The normalized spacial score (nSPS) is 11.6. The van der Waals surface area contributed by atoms with E-state index in [-0.39, 0.29) is 30.1 Å². The van der Waals surface area contributed by atoms with Crippen LogP contribution in [0.25, 0.3) is 0 Å². The molecule has 0 heterocycles. The summed E-state index contributed by atoms with van der Waals surface area (Å²) in [5.74, 6) is 0.957. The van der Waals surface area contributed by atoms with Gasteiger partial charge in [0, 0.05) is 18.8 Å². The van der Waals surface area contributed by atoms with Crippen molar-refractivity contribution >= 4 is 35.6 Å². The first-order valence-electron chi connectivity index (χ1n) is 7.27. The topological polar surface area (TPSA) is 59.6 Å². The van der Waals surface area contributed by atoms with E-state index in [1.807, 2.05) is 26.0 Å². The molecule has 5 heteroatoms. The fourth-order valence-electron chi connectivity index (χ4n) is 1.75. The summed E-state index contributed by atoms with van der Waals surface area (Å²) in [6, 6.07) is 8.25. The predicted molar refractivity (Wildman–Crippen MR) is 102 cm³/mol. The number of halogens is 1. The Balaban J connectivity index is 0.00000400. The summed E-state index contributed by atoms with van der Waals surface area (Å²) in [5.41, 5.74) is 8.14. The molecule has 120 valence electrons. The van der Waals surface area contributed by atoms with Gasteiger partial charge in [-0.1, -0.05) is 26.0 Å². The fourth-order valence-corrected chi connectivity index (χ4v) is 1.75. The number of hydrogen-bond donors (Lipinski definition) is 2. The van der Waals surface area contributed by atoms with Crippen LogP contribution in [0.3, 0.4) is 0 Å². The van der Waals surface area contributed by atoms with Gasteiger partial charge in [-0.2, -0.15) is 0 Å². The van der Waals surface area contributed by atoms with Crippen molar-refractivity contribution in [3.8, 4) is 0 Å². The Morgan fingerprint density at radius 3 is 2.62 bits per heavy atom. The van der Waals surface area contributed by atoms with Crippen LogP contribution in [-0.2, 0) is 4.74 Å². The van der Waals surface area contributed by atoms with Gasteiger partial charge in [0.05, 0.1) is 6.10 Å². The van der Waals surface area contributed by atoms with Crippen LogP contribution in [0.4, 0.5) is 5.69 Å². The maximum absolute atomic E-state index is 5.87. The minimum absolute atomic E-state index is 0. The lowest BCUT2D eigenvalue weighted by molar-refractivity contribution is 0.0783. The zero-order valence-electron chi connectivity index (χ0n) is 13.4. The second-order valence-electron chi connectivity index (χ2n) is 5.45. The highest BCUT2D eigenvalue weighted by Gasteiger charge is 2.01. The van der Waals surface area contributed by atoms with Crippen LogP contribution in [0, 0.1) is 0 Å². The first-order chi connectivity index (χ1) is 9.49. The summed E-state index contributed by atoms with van der Waals surface area (Å²) in [6.45, 7) is 9.80. The lowest BCUT2D eigenvalue weighted by atomic mass is 10.0. The first-order valence-corrected chi connectivity index (χ1v) is 7.27. The molecule has 4 nitrogen and oxygen atoms in total. The van der Waals surface area contributed by atoms with Gasteiger partial charge in [-0.15, -0.1) is 24.0 Å². The maximum Gasteiger partial charge on any atom is 0.193 e. The first kappa shape index (κ1) is 20.2. The molecule has 0 amide bonds. The van der Waals surface area contributed by atoms with Crippen molar-refractivity contribution in [2.75, 3.05) is 18.5 Å². The molecule has 0 saturated carbocycles. The Morgan fingerprint density at radius 1 is 1.29 bits per heavy atom. The van der Waals surface area contributed by atoms with Gasteiger partial charge in [0.25, 0.3) is 0 Å². The van der Waals surface area contributed by atoms with Crippen LogP contribution in [0.15, 0.2) is 29.3 Å². The summed E-state index contributed by atoms with van der Waals surface area (Å²) in [5, 5.41) is 3.12. The summed E-state index contributed by atoms with van der Waals surface area (Å²) >= 11 is 0. The number of anilines is 1. The third kappa shape index (κ3) is 8.93. The van der Waals surface area contributed by atoms with Crippen LogP contribution in [0.1, 0.15) is 45.6 Å². The van der Waals surface area contributed by atoms with Gasteiger partial charge in [0.15, 0.2) is 5.96 Å². The number of nitrogens with zero attached hydrogens (tertiary/aromatic N) is 1. The van der Waals surface area contributed by atoms with Gasteiger partial charge in [0.1, 0.15) is 0 Å². The standard InChI is InChI=1S/C16H27N3O.HI/c1-12(2)14-7-5-8-15(11-14)19-16(17)18-9-6-10-20-13(3)4;/h5,7-8,11-13H,6,9-10H2,1-4H3,(H3,17,18,19);1H. The number of nitrogens with two attached hydrogens (primary N) is 1. The molecule has 0 aliphatic rings. The van der Waals surface area contributed by atoms with E-state index in [0.29, 0.717) is 18.4 Å². The van der Waals surface area contributed by atoms with Crippen molar-refractivity contribution in [2.45, 2.75) is 46.1 Å². The average Bonchev–Trinajstić information content (AvgIpc) is 2.38. The zero-order valence-corrected chi connectivity index (χ0v) is 15.8. The summed E-state index contributed by atoms with van der Waals surface area (Å²) in [6.07, 6.45) is 1.15. The number of ether oxygens (including phenoxy) is 1. The quantitative estimate of drug-likeness (QED) is 0.312. The highest BCUT2D eigenvalue weighted by molar-refractivity contribution is 14.0. The molecule has 0 aliphatic carbocycles. The van der Waals surface area contributed by atoms with Gasteiger partial charge in [0.2, 0.25) is 0 Å². The Kier molecular flexibility index (Phi) is 10.4. The fraction of sp³-hybridized carbons (Fsp3) is 0.562. The molecule has 21 heavy (non-hydrogen) atoms. The Morgan fingerprint density at radius 2 is 2.00 bits per heavy atom. The zero-order chi connectivity index (χ0) is 15.0. The van der Waals surface area contributed by atoms with E-state index in [1.54, 1.807) is 0 Å². The van der Waals surface area contributed by atoms with Crippen molar-refractivity contribution in [3.05, 3.63) is 29.8 Å². The third-order valence-electron chi connectivity index (χ3n) is 2.86. The van der Waals surface area contributed by atoms with Gasteiger partial charge in [-0.05, 0) is 43.9 Å². The molecule has 1 rings (SSSR count). The molecule has 0 radical (unpaired) electrons. The van der Waals surface area contributed by atoms with E-state index < -0.39 is 0 Å². The van der Waals surface area contributed by atoms with E-state index in [9.17, 15) is 0 Å². The molecule has 0 atom stereocenters. The molecule has 0 aromatic heterocycles. The second kappa shape index (κ2) is 10.8. The van der Waals surface area contributed by atoms with Gasteiger partial charge >= 0.3 is 0 Å². The van der Waals surface area contributed by atoms with E-state index >= 15 is 0 Å². The highest BCUT2D eigenvalue weighted by Crippen LogP contribution is 2.18. The van der Waals surface area contributed by atoms with Crippen molar-refractivity contribution in [2.24, 2.45) is 10.7 Å². The van der Waals surface area contributed by atoms with Crippen molar-refractivity contribution in [1.29, 1.82) is 0 Å². The SMILES string of the molecule is CC(C)OCCCN=C(N)Nc1cccc(C(C)C)c1.I. The largest absolute Gasteiger partial charge is 0.379 e. The third-order valence-corrected chi connectivity index (χ3v) is 2.86. The molecule has 1 aromatic rings. The summed E-state index contributed by atoms with van der Waals surface area (Å²) < 4.78 is 5.45. The van der Waals surface area contributed by atoms with Crippen LogP contribution in [-0.4, -0.2) is 25.2 Å². The van der Waals surface area contributed by atoms with Gasteiger partial charge in [-0.3, -0.25) is 4.99 Å². The number of hydrogen-bond acceptors (Lipinski definition) is 2. The second-order valence-corrected chi connectivity index (χ2v) is 5.45. The maximum atomic E-state index is 5.87. The lowest BCUT2D eigenvalue weighted by Gasteiger charge is -2.10. The number of benzene rings is 1. The molecule has 0 aliphatic heterocycles.